The summed E-state index contributed by atoms with van der Waals surface area (Å²) in [7, 11) is 0. The lowest BCUT2D eigenvalue weighted by atomic mass is 10.1. The SMILES string of the molecule is Cc1cc(Br)c(NC(=O)C2CCOC2)cc1Cl. The molecular formula is C12H13BrClNO2. The zero-order chi connectivity index (χ0) is 12.4. The van der Waals surface area contributed by atoms with E-state index in [4.69, 9.17) is 16.3 Å². The average molecular weight is 319 g/mol. The predicted molar refractivity (Wildman–Crippen MR) is 71.4 cm³/mol. The first-order valence-corrected chi connectivity index (χ1v) is 6.59. The number of anilines is 1. The van der Waals surface area contributed by atoms with Crippen LogP contribution < -0.4 is 5.32 Å². The average Bonchev–Trinajstić information content (AvgIpc) is 2.79. The molecule has 1 aliphatic heterocycles. The van der Waals surface area contributed by atoms with Crippen LogP contribution in [0.1, 0.15) is 12.0 Å². The van der Waals surface area contributed by atoms with Crippen LogP contribution in [-0.2, 0) is 9.53 Å². The number of benzene rings is 1. The predicted octanol–water partition coefficient (Wildman–Crippen LogP) is 3.39. The number of amides is 1. The van der Waals surface area contributed by atoms with Crippen LogP contribution in [-0.4, -0.2) is 19.1 Å². The molecule has 0 saturated carbocycles. The van der Waals surface area contributed by atoms with Crippen molar-refractivity contribution >= 4 is 39.1 Å². The highest BCUT2D eigenvalue weighted by Gasteiger charge is 2.24. The van der Waals surface area contributed by atoms with Crippen molar-refractivity contribution in [1.29, 1.82) is 0 Å². The zero-order valence-electron chi connectivity index (χ0n) is 9.43. The molecule has 1 saturated heterocycles. The number of ether oxygens (including phenoxy) is 1. The van der Waals surface area contributed by atoms with Gasteiger partial charge in [-0.05, 0) is 47.0 Å². The van der Waals surface area contributed by atoms with E-state index in [1.165, 1.54) is 0 Å². The van der Waals surface area contributed by atoms with E-state index in [2.05, 4.69) is 21.2 Å². The monoisotopic (exact) mass is 317 g/mol. The van der Waals surface area contributed by atoms with Crippen LogP contribution in [0.4, 0.5) is 5.69 Å². The minimum absolute atomic E-state index is 0.0110. The first-order valence-electron chi connectivity index (χ1n) is 5.42. The van der Waals surface area contributed by atoms with Crippen LogP contribution in [0.25, 0.3) is 0 Å². The Balaban J connectivity index is 2.12. The highest BCUT2D eigenvalue weighted by Crippen LogP contribution is 2.29. The lowest BCUT2D eigenvalue weighted by Gasteiger charge is -2.12. The first-order chi connectivity index (χ1) is 8.08. The summed E-state index contributed by atoms with van der Waals surface area (Å²) in [5.41, 5.74) is 1.68. The molecule has 3 nitrogen and oxygen atoms in total. The van der Waals surface area contributed by atoms with E-state index < -0.39 is 0 Å². The highest BCUT2D eigenvalue weighted by atomic mass is 79.9. The van der Waals surface area contributed by atoms with E-state index in [9.17, 15) is 4.79 Å². The van der Waals surface area contributed by atoms with Crippen molar-refractivity contribution in [1.82, 2.24) is 0 Å². The number of carbonyl (C=O) groups is 1. The molecule has 1 aromatic rings. The third-order valence-corrected chi connectivity index (χ3v) is 3.87. The molecule has 1 N–H and O–H groups in total. The molecule has 1 aromatic carbocycles. The van der Waals surface area contributed by atoms with Crippen molar-refractivity contribution in [2.45, 2.75) is 13.3 Å². The number of nitrogens with one attached hydrogen (secondary N) is 1. The fourth-order valence-corrected chi connectivity index (χ4v) is 2.44. The fraction of sp³-hybridized carbons (Fsp3) is 0.417. The quantitative estimate of drug-likeness (QED) is 0.908. The Hall–Kier alpha value is -0.580. The van der Waals surface area contributed by atoms with Crippen LogP contribution in [0.15, 0.2) is 16.6 Å². The van der Waals surface area contributed by atoms with E-state index in [1.807, 2.05) is 13.0 Å². The van der Waals surface area contributed by atoms with Gasteiger partial charge in [0.2, 0.25) is 5.91 Å². The zero-order valence-corrected chi connectivity index (χ0v) is 11.8. The molecule has 0 spiro atoms. The van der Waals surface area contributed by atoms with E-state index in [0.717, 1.165) is 16.5 Å². The van der Waals surface area contributed by atoms with Crippen LogP contribution in [0.5, 0.6) is 0 Å². The second-order valence-electron chi connectivity index (χ2n) is 4.13. The van der Waals surface area contributed by atoms with E-state index in [1.54, 1.807) is 6.07 Å². The molecule has 1 amide bonds. The van der Waals surface area contributed by atoms with Gasteiger partial charge in [-0.15, -0.1) is 0 Å². The van der Waals surface area contributed by atoms with Gasteiger partial charge >= 0.3 is 0 Å². The third-order valence-electron chi connectivity index (χ3n) is 2.81. The van der Waals surface area contributed by atoms with Crippen LogP contribution in [0.2, 0.25) is 5.02 Å². The van der Waals surface area contributed by atoms with Gasteiger partial charge in [0.1, 0.15) is 0 Å². The van der Waals surface area contributed by atoms with Gasteiger partial charge in [0.25, 0.3) is 0 Å². The molecule has 5 heteroatoms. The molecule has 0 bridgehead atoms. The van der Waals surface area contributed by atoms with E-state index >= 15 is 0 Å². The van der Waals surface area contributed by atoms with Crippen LogP contribution >= 0.6 is 27.5 Å². The summed E-state index contributed by atoms with van der Waals surface area (Å²) in [6, 6.07) is 3.65. The third kappa shape index (κ3) is 3.00. The van der Waals surface area contributed by atoms with Crippen molar-refractivity contribution in [3.8, 4) is 0 Å². The fourth-order valence-electron chi connectivity index (χ4n) is 1.72. The smallest absolute Gasteiger partial charge is 0.229 e. The van der Waals surface area contributed by atoms with E-state index in [-0.39, 0.29) is 11.8 Å². The molecule has 92 valence electrons. The maximum absolute atomic E-state index is 11.9. The lowest BCUT2D eigenvalue weighted by molar-refractivity contribution is -0.119. The van der Waals surface area contributed by atoms with Crippen molar-refractivity contribution in [2.24, 2.45) is 5.92 Å². The van der Waals surface area contributed by atoms with Crippen molar-refractivity contribution in [3.05, 3.63) is 27.2 Å². The summed E-state index contributed by atoms with van der Waals surface area (Å²) >= 11 is 9.45. The van der Waals surface area contributed by atoms with Crippen molar-refractivity contribution in [3.63, 3.8) is 0 Å². The van der Waals surface area contributed by atoms with Crippen molar-refractivity contribution < 1.29 is 9.53 Å². The molecule has 1 heterocycles. The molecular weight excluding hydrogens is 305 g/mol. The molecule has 1 fully saturated rings. The summed E-state index contributed by atoms with van der Waals surface area (Å²) in [4.78, 5) is 11.9. The molecule has 1 unspecified atom stereocenters. The normalized spacial score (nSPS) is 19.4. The highest BCUT2D eigenvalue weighted by molar-refractivity contribution is 9.10. The maximum Gasteiger partial charge on any atom is 0.229 e. The number of carbonyl (C=O) groups excluding carboxylic acids is 1. The Kier molecular flexibility index (Phi) is 4.07. The summed E-state index contributed by atoms with van der Waals surface area (Å²) in [6.45, 7) is 3.08. The number of rotatable bonds is 2. The Labute approximate surface area is 114 Å². The first kappa shape index (κ1) is 12.9. The maximum atomic E-state index is 11.9. The molecule has 1 atom stereocenters. The number of halogens is 2. The lowest BCUT2D eigenvalue weighted by Crippen LogP contribution is -2.23. The molecule has 0 aliphatic carbocycles. The molecule has 2 rings (SSSR count). The summed E-state index contributed by atoms with van der Waals surface area (Å²) in [6.07, 6.45) is 0.781. The number of hydrogen-bond acceptors (Lipinski definition) is 2. The Bertz CT molecular complexity index is 444. The summed E-state index contributed by atoms with van der Waals surface area (Å²) < 4.78 is 6.03. The second kappa shape index (κ2) is 5.38. The van der Waals surface area contributed by atoms with Gasteiger partial charge in [-0.1, -0.05) is 11.6 Å². The topological polar surface area (TPSA) is 38.3 Å². The van der Waals surface area contributed by atoms with Gasteiger partial charge in [0, 0.05) is 16.1 Å². The van der Waals surface area contributed by atoms with Gasteiger partial charge in [-0.2, -0.15) is 0 Å². The van der Waals surface area contributed by atoms with Gasteiger partial charge in [0.05, 0.1) is 18.2 Å². The molecule has 0 radical (unpaired) electrons. The largest absolute Gasteiger partial charge is 0.381 e. The molecule has 1 aliphatic rings. The minimum Gasteiger partial charge on any atom is -0.381 e. The van der Waals surface area contributed by atoms with Crippen molar-refractivity contribution in [2.75, 3.05) is 18.5 Å². The molecule has 0 aromatic heterocycles. The summed E-state index contributed by atoms with van der Waals surface area (Å²) in [5.74, 6) is -0.0647. The van der Waals surface area contributed by atoms with Gasteiger partial charge in [-0.3, -0.25) is 4.79 Å². The number of aryl methyl sites for hydroxylation is 1. The standard InChI is InChI=1S/C12H13BrClNO2/c1-7-4-9(13)11(5-10(7)14)15-12(16)8-2-3-17-6-8/h4-5,8H,2-3,6H2,1H3,(H,15,16). The van der Waals surface area contributed by atoms with Gasteiger partial charge < -0.3 is 10.1 Å². The Morgan fingerprint density at radius 2 is 2.35 bits per heavy atom. The molecule has 17 heavy (non-hydrogen) atoms. The van der Waals surface area contributed by atoms with Crippen LogP contribution in [0.3, 0.4) is 0 Å². The van der Waals surface area contributed by atoms with Gasteiger partial charge in [-0.25, -0.2) is 0 Å². The van der Waals surface area contributed by atoms with Crippen LogP contribution in [0, 0.1) is 12.8 Å². The Morgan fingerprint density at radius 3 is 3.00 bits per heavy atom. The number of hydrogen-bond donors (Lipinski definition) is 1. The Morgan fingerprint density at radius 1 is 1.59 bits per heavy atom. The van der Waals surface area contributed by atoms with E-state index in [0.29, 0.717) is 23.9 Å². The van der Waals surface area contributed by atoms with Gasteiger partial charge in [0.15, 0.2) is 0 Å². The summed E-state index contributed by atoms with van der Waals surface area (Å²) in [5, 5.41) is 3.51. The second-order valence-corrected chi connectivity index (χ2v) is 5.39. The minimum atomic E-state index is -0.0537.